The zero-order chi connectivity index (χ0) is 14.7. The number of nitrogen functional groups attached to an aromatic ring is 1. The number of benzene rings is 1. The van der Waals surface area contributed by atoms with Crippen molar-refractivity contribution in [2.24, 2.45) is 5.73 Å². The van der Waals surface area contributed by atoms with Gasteiger partial charge in [0.05, 0.1) is 12.2 Å². The standard InChI is InChI=1S/C14H20ClN3O2/c1-19-12-7-18(8-13(12)20-2)6-10-4-3-9(14(16)17)5-11(10)15/h3-5,12-13H,6-8H2,1-2H3,(H3,16,17). The number of nitrogens with two attached hydrogens (primary N) is 1. The molecular weight excluding hydrogens is 278 g/mol. The van der Waals surface area contributed by atoms with E-state index in [-0.39, 0.29) is 18.0 Å². The van der Waals surface area contributed by atoms with Crippen molar-refractivity contribution in [3.8, 4) is 0 Å². The van der Waals surface area contributed by atoms with Gasteiger partial charge < -0.3 is 15.2 Å². The summed E-state index contributed by atoms with van der Waals surface area (Å²) in [4.78, 5) is 2.25. The van der Waals surface area contributed by atoms with Crippen molar-refractivity contribution in [1.82, 2.24) is 4.90 Å². The lowest BCUT2D eigenvalue weighted by atomic mass is 10.1. The molecule has 0 radical (unpaired) electrons. The molecule has 0 spiro atoms. The number of nitrogens with one attached hydrogen (secondary N) is 1. The lowest BCUT2D eigenvalue weighted by molar-refractivity contribution is -0.00461. The van der Waals surface area contributed by atoms with Crippen LogP contribution in [-0.2, 0) is 16.0 Å². The Kier molecular flexibility index (Phi) is 4.99. The highest BCUT2D eigenvalue weighted by molar-refractivity contribution is 6.31. The summed E-state index contributed by atoms with van der Waals surface area (Å²) in [7, 11) is 3.41. The number of nitrogens with zero attached hydrogens (tertiary/aromatic N) is 1. The zero-order valence-electron chi connectivity index (χ0n) is 11.7. The third-order valence-corrected chi connectivity index (χ3v) is 4.01. The maximum Gasteiger partial charge on any atom is 0.122 e. The Bertz CT molecular complexity index is 483. The van der Waals surface area contributed by atoms with Gasteiger partial charge in [0, 0.05) is 44.4 Å². The van der Waals surface area contributed by atoms with Gasteiger partial charge in [0.25, 0.3) is 0 Å². The molecule has 0 aliphatic carbocycles. The van der Waals surface area contributed by atoms with Crippen LogP contribution in [0.15, 0.2) is 18.2 Å². The molecule has 5 nitrogen and oxygen atoms in total. The number of amidine groups is 1. The Hall–Kier alpha value is -1.14. The Morgan fingerprint density at radius 1 is 1.35 bits per heavy atom. The van der Waals surface area contributed by atoms with Crippen LogP contribution in [0.3, 0.4) is 0 Å². The molecule has 6 heteroatoms. The van der Waals surface area contributed by atoms with E-state index in [0.29, 0.717) is 10.6 Å². The number of ether oxygens (including phenoxy) is 2. The molecule has 0 aromatic heterocycles. The van der Waals surface area contributed by atoms with Crippen molar-refractivity contribution < 1.29 is 9.47 Å². The smallest absolute Gasteiger partial charge is 0.122 e. The summed E-state index contributed by atoms with van der Waals surface area (Å²) < 4.78 is 10.8. The van der Waals surface area contributed by atoms with Crippen LogP contribution in [-0.4, -0.2) is 50.3 Å². The fourth-order valence-corrected chi connectivity index (χ4v) is 2.72. The summed E-state index contributed by atoms with van der Waals surface area (Å²) in [6, 6.07) is 5.47. The van der Waals surface area contributed by atoms with E-state index in [1.165, 1.54) is 0 Å². The molecule has 1 fully saturated rings. The molecule has 110 valence electrons. The molecule has 0 saturated carbocycles. The van der Waals surface area contributed by atoms with Crippen molar-refractivity contribution in [1.29, 1.82) is 5.41 Å². The van der Waals surface area contributed by atoms with Gasteiger partial charge in [-0.25, -0.2) is 0 Å². The third kappa shape index (κ3) is 3.30. The van der Waals surface area contributed by atoms with Crippen molar-refractivity contribution in [2.45, 2.75) is 18.8 Å². The molecule has 1 aromatic carbocycles. The molecule has 3 N–H and O–H groups in total. The highest BCUT2D eigenvalue weighted by Gasteiger charge is 2.32. The topological polar surface area (TPSA) is 71.6 Å². The minimum Gasteiger partial charge on any atom is -0.384 e. The predicted octanol–water partition coefficient (Wildman–Crippen LogP) is 1.47. The zero-order valence-corrected chi connectivity index (χ0v) is 12.5. The van der Waals surface area contributed by atoms with Crippen molar-refractivity contribution >= 4 is 17.4 Å². The van der Waals surface area contributed by atoms with Crippen LogP contribution in [0.2, 0.25) is 5.02 Å². The average Bonchev–Trinajstić information content (AvgIpc) is 2.83. The summed E-state index contributed by atoms with van der Waals surface area (Å²) in [6.45, 7) is 2.37. The first-order valence-corrected chi connectivity index (χ1v) is 6.83. The van der Waals surface area contributed by atoms with Gasteiger partial charge in [0.1, 0.15) is 5.84 Å². The molecular formula is C14H20ClN3O2. The number of rotatable bonds is 5. The lowest BCUT2D eigenvalue weighted by Gasteiger charge is -2.16. The summed E-state index contributed by atoms with van der Waals surface area (Å²) in [5.74, 6) is 0.0264. The SMILES string of the molecule is COC1CN(Cc2ccc(C(=N)N)cc2Cl)CC1OC. The van der Waals surface area contributed by atoms with Gasteiger partial charge in [-0.2, -0.15) is 0 Å². The number of hydrogen-bond acceptors (Lipinski definition) is 4. The molecule has 1 saturated heterocycles. The molecule has 2 unspecified atom stereocenters. The molecule has 0 amide bonds. The van der Waals surface area contributed by atoms with Gasteiger partial charge >= 0.3 is 0 Å². The van der Waals surface area contributed by atoms with Gasteiger partial charge in [-0.15, -0.1) is 0 Å². The van der Waals surface area contributed by atoms with Crippen LogP contribution in [0.25, 0.3) is 0 Å². The quantitative estimate of drug-likeness (QED) is 0.638. The monoisotopic (exact) mass is 297 g/mol. The number of likely N-dealkylation sites (tertiary alicyclic amines) is 1. The second kappa shape index (κ2) is 6.54. The van der Waals surface area contributed by atoms with Crippen LogP contribution >= 0.6 is 11.6 Å². The Morgan fingerprint density at radius 2 is 1.95 bits per heavy atom. The first-order chi connectivity index (χ1) is 9.55. The predicted molar refractivity (Wildman–Crippen MR) is 79.3 cm³/mol. The number of halogens is 1. The highest BCUT2D eigenvalue weighted by atomic mass is 35.5. The van der Waals surface area contributed by atoms with Gasteiger partial charge in [-0.3, -0.25) is 10.3 Å². The van der Waals surface area contributed by atoms with Crippen molar-refractivity contribution in [3.63, 3.8) is 0 Å². The average molecular weight is 298 g/mol. The Labute approximate surface area is 124 Å². The lowest BCUT2D eigenvalue weighted by Crippen LogP contribution is -2.27. The van der Waals surface area contributed by atoms with Gasteiger partial charge in [0.15, 0.2) is 0 Å². The van der Waals surface area contributed by atoms with E-state index in [1.54, 1.807) is 20.3 Å². The molecule has 1 aliphatic rings. The van der Waals surface area contributed by atoms with E-state index in [0.717, 1.165) is 25.2 Å². The molecule has 2 rings (SSSR count). The summed E-state index contributed by atoms with van der Waals surface area (Å²) in [5, 5.41) is 8.04. The van der Waals surface area contributed by atoms with E-state index in [4.69, 9.17) is 32.2 Å². The van der Waals surface area contributed by atoms with E-state index in [1.807, 2.05) is 12.1 Å². The Balaban J connectivity index is 2.06. The maximum atomic E-state index is 7.40. The van der Waals surface area contributed by atoms with Crippen LogP contribution < -0.4 is 5.73 Å². The summed E-state index contributed by atoms with van der Waals surface area (Å²) in [5.41, 5.74) is 7.11. The van der Waals surface area contributed by atoms with Crippen molar-refractivity contribution in [3.05, 3.63) is 34.3 Å². The first-order valence-electron chi connectivity index (χ1n) is 6.46. The first kappa shape index (κ1) is 15.3. The summed E-state index contributed by atoms with van der Waals surface area (Å²) >= 11 is 6.25. The second-order valence-electron chi connectivity index (χ2n) is 4.96. The fraction of sp³-hybridized carbons (Fsp3) is 0.500. The van der Waals surface area contributed by atoms with E-state index in [9.17, 15) is 0 Å². The molecule has 20 heavy (non-hydrogen) atoms. The Morgan fingerprint density at radius 3 is 2.40 bits per heavy atom. The van der Waals surface area contributed by atoms with E-state index >= 15 is 0 Å². The minimum absolute atomic E-state index is 0.0264. The van der Waals surface area contributed by atoms with E-state index in [2.05, 4.69) is 4.90 Å². The van der Waals surface area contributed by atoms with Gasteiger partial charge in [-0.05, 0) is 11.6 Å². The molecule has 1 aliphatic heterocycles. The van der Waals surface area contributed by atoms with Crippen LogP contribution in [0.4, 0.5) is 0 Å². The van der Waals surface area contributed by atoms with Crippen LogP contribution in [0, 0.1) is 5.41 Å². The normalized spacial score (nSPS) is 23.1. The van der Waals surface area contributed by atoms with Gasteiger partial charge in [0.2, 0.25) is 0 Å². The summed E-state index contributed by atoms with van der Waals surface area (Å²) in [6.07, 6.45) is 0.186. The molecule has 2 atom stereocenters. The molecule has 1 aromatic rings. The largest absolute Gasteiger partial charge is 0.384 e. The van der Waals surface area contributed by atoms with Crippen LogP contribution in [0.5, 0.6) is 0 Å². The van der Waals surface area contributed by atoms with Crippen molar-refractivity contribution in [2.75, 3.05) is 27.3 Å². The van der Waals surface area contributed by atoms with Crippen LogP contribution in [0.1, 0.15) is 11.1 Å². The third-order valence-electron chi connectivity index (χ3n) is 3.65. The maximum absolute atomic E-state index is 7.40. The second-order valence-corrected chi connectivity index (χ2v) is 5.37. The molecule has 0 bridgehead atoms. The number of hydrogen-bond donors (Lipinski definition) is 2. The van der Waals surface area contributed by atoms with Gasteiger partial charge in [-0.1, -0.05) is 23.7 Å². The molecule has 1 heterocycles. The fourth-order valence-electron chi connectivity index (χ4n) is 2.48. The van der Waals surface area contributed by atoms with E-state index < -0.39 is 0 Å². The minimum atomic E-state index is 0.0264. The highest BCUT2D eigenvalue weighted by Crippen LogP contribution is 2.23. The number of methoxy groups -OCH3 is 2.